The molecule has 0 radical (unpaired) electrons. The van der Waals surface area contributed by atoms with Crippen molar-refractivity contribution in [3.8, 4) is 5.75 Å². The molecule has 1 aliphatic carbocycles. The lowest BCUT2D eigenvalue weighted by Crippen LogP contribution is -2.10. The van der Waals surface area contributed by atoms with E-state index in [-0.39, 0.29) is 5.78 Å². The Hall–Kier alpha value is -2.21. The molecule has 0 unspecified atom stereocenters. The molecule has 0 aliphatic heterocycles. The van der Waals surface area contributed by atoms with E-state index >= 15 is 0 Å². The lowest BCUT2D eigenvalue weighted by atomic mass is 10.1. The summed E-state index contributed by atoms with van der Waals surface area (Å²) in [6.07, 6.45) is 4.10. The van der Waals surface area contributed by atoms with Crippen LogP contribution in [0, 0.1) is 0 Å². The second-order valence-corrected chi connectivity index (χ2v) is 4.83. The number of aromatic nitrogens is 3. The van der Waals surface area contributed by atoms with E-state index in [0.29, 0.717) is 30.5 Å². The van der Waals surface area contributed by atoms with Crippen molar-refractivity contribution in [2.45, 2.75) is 25.5 Å². The van der Waals surface area contributed by atoms with E-state index in [1.54, 1.807) is 23.0 Å². The minimum absolute atomic E-state index is 0.158. The summed E-state index contributed by atoms with van der Waals surface area (Å²) in [6, 6.07) is 7.18. The molecule has 1 aromatic heterocycles. The number of carbonyl (C=O) groups is 1. The molecule has 2 N–H and O–H groups in total. The highest BCUT2D eigenvalue weighted by Gasteiger charge is 2.24. The number of ether oxygens (including phenoxy) is 1. The highest BCUT2D eigenvalue weighted by molar-refractivity contribution is 6.07. The van der Waals surface area contributed by atoms with Crippen LogP contribution in [-0.2, 0) is 6.54 Å². The molecule has 3 rings (SSSR count). The van der Waals surface area contributed by atoms with Gasteiger partial charge in [0.2, 0.25) is 5.78 Å². The highest BCUT2D eigenvalue weighted by Crippen LogP contribution is 2.27. The Morgan fingerprint density at radius 3 is 3.05 bits per heavy atom. The highest BCUT2D eigenvalue weighted by atomic mass is 16.5. The largest absolute Gasteiger partial charge is 0.490 e. The first-order valence-electron chi connectivity index (χ1n) is 6.68. The van der Waals surface area contributed by atoms with Crippen LogP contribution in [-0.4, -0.2) is 33.4 Å². The molecule has 1 fully saturated rings. The molecule has 0 spiro atoms. The van der Waals surface area contributed by atoms with Crippen LogP contribution in [0.15, 0.2) is 30.5 Å². The lowest BCUT2D eigenvalue weighted by Gasteiger charge is -2.05. The number of benzene rings is 1. The van der Waals surface area contributed by atoms with Gasteiger partial charge in [-0.2, -0.15) is 0 Å². The first-order valence-corrected chi connectivity index (χ1v) is 6.68. The topological polar surface area (TPSA) is 83.0 Å². The van der Waals surface area contributed by atoms with Crippen LogP contribution in [0.1, 0.15) is 28.9 Å². The molecule has 1 aromatic carbocycles. The maximum atomic E-state index is 12.3. The Kier molecular flexibility index (Phi) is 3.47. The van der Waals surface area contributed by atoms with Gasteiger partial charge in [0.1, 0.15) is 5.75 Å². The molecule has 104 valence electrons. The fraction of sp³-hybridized carbons (Fsp3) is 0.357. The summed E-state index contributed by atoms with van der Waals surface area (Å²) in [4.78, 5) is 12.3. The van der Waals surface area contributed by atoms with E-state index in [9.17, 15) is 4.79 Å². The Morgan fingerprint density at radius 2 is 2.30 bits per heavy atom. The predicted molar refractivity (Wildman–Crippen MR) is 72.6 cm³/mol. The van der Waals surface area contributed by atoms with E-state index in [2.05, 4.69) is 10.3 Å². The Morgan fingerprint density at radius 1 is 1.45 bits per heavy atom. The van der Waals surface area contributed by atoms with Gasteiger partial charge in [0, 0.05) is 12.1 Å². The van der Waals surface area contributed by atoms with Crippen LogP contribution in [0.4, 0.5) is 0 Å². The number of hydrogen-bond donors (Lipinski definition) is 1. The number of nitrogens with two attached hydrogens (primary N) is 1. The van der Waals surface area contributed by atoms with E-state index in [4.69, 9.17) is 10.5 Å². The van der Waals surface area contributed by atoms with Crippen molar-refractivity contribution in [1.82, 2.24) is 15.0 Å². The normalized spacial score (nSPS) is 14.2. The van der Waals surface area contributed by atoms with Crippen LogP contribution in [0.2, 0.25) is 0 Å². The Balaban J connectivity index is 1.77. The summed E-state index contributed by atoms with van der Waals surface area (Å²) in [5, 5.41) is 7.75. The van der Waals surface area contributed by atoms with Gasteiger partial charge >= 0.3 is 0 Å². The third-order valence-electron chi connectivity index (χ3n) is 3.05. The van der Waals surface area contributed by atoms with Crippen molar-refractivity contribution in [3.05, 3.63) is 41.7 Å². The number of ketones is 1. The van der Waals surface area contributed by atoms with Crippen LogP contribution in [0.25, 0.3) is 0 Å². The van der Waals surface area contributed by atoms with E-state index < -0.39 is 0 Å². The summed E-state index contributed by atoms with van der Waals surface area (Å²) in [5.41, 5.74) is 6.32. The van der Waals surface area contributed by atoms with Crippen LogP contribution in [0.3, 0.4) is 0 Å². The molecule has 1 saturated carbocycles. The van der Waals surface area contributed by atoms with Crippen molar-refractivity contribution in [3.63, 3.8) is 0 Å². The molecule has 0 atom stereocenters. The maximum absolute atomic E-state index is 12.3. The van der Waals surface area contributed by atoms with Gasteiger partial charge < -0.3 is 10.5 Å². The number of carbonyl (C=O) groups excluding carboxylic acids is 1. The predicted octanol–water partition coefficient (Wildman–Crippen LogP) is 1.01. The second kappa shape index (κ2) is 5.42. The molecule has 2 aromatic rings. The lowest BCUT2D eigenvalue weighted by molar-refractivity contribution is 0.103. The monoisotopic (exact) mass is 272 g/mol. The van der Waals surface area contributed by atoms with Crippen molar-refractivity contribution in [1.29, 1.82) is 0 Å². The summed E-state index contributed by atoms with van der Waals surface area (Å²) < 4.78 is 7.25. The maximum Gasteiger partial charge on any atom is 0.215 e. The molecular formula is C14H16N4O2. The number of hydrogen-bond acceptors (Lipinski definition) is 5. The van der Waals surface area contributed by atoms with Gasteiger partial charge in [-0.3, -0.25) is 9.48 Å². The minimum atomic E-state index is -0.158. The molecule has 20 heavy (non-hydrogen) atoms. The third-order valence-corrected chi connectivity index (χ3v) is 3.05. The average molecular weight is 272 g/mol. The van der Waals surface area contributed by atoms with Crippen molar-refractivity contribution < 1.29 is 9.53 Å². The van der Waals surface area contributed by atoms with Gasteiger partial charge in [0.15, 0.2) is 5.69 Å². The zero-order valence-electron chi connectivity index (χ0n) is 11.0. The van der Waals surface area contributed by atoms with Gasteiger partial charge in [-0.05, 0) is 25.0 Å². The number of nitrogens with zero attached hydrogens (tertiary/aromatic N) is 3. The van der Waals surface area contributed by atoms with E-state index in [1.807, 2.05) is 12.1 Å². The van der Waals surface area contributed by atoms with E-state index in [0.717, 1.165) is 18.6 Å². The Labute approximate surface area is 116 Å². The van der Waals surface area contributed by atoms with Crippen molar-refractivity contribution >= 4 is 5.78 Å². The molecule has 0 amide bonds. The summed E-state index contributed by atoms with van der Waals surface area (Å²) >= 11 is 0. The van der Waals surface area contributed by atoms with Gasteiger partial charge in [0.05, 0.1) is 18.8 Å². The van der Waals surface area contributed by atoms with Crippen molar-refractivity contribution in [2.75, 3.05) is 6.54 Å². The molecule has 0 bridgehead atoms. The third kappa shape index (κ3) is 2.85. The SMILES string of the molecule is NCCn1cc(C(=O)c2cccc(OC3CC3)c2)nn1. The summed E-state index contributed by atoms with van der Waals surface area (Å²) in [5.74, 6) is 0.571. The van der Waals surface area contributed by atoms with Gasteiger partial charge in [-0.1, -0.05) is 17.3 Å². The molecule has 6 nitrogen and oxygen atoms in total. The van der Waals surface area contributed by atoms with Crippen LogP contribution >= 0.6 is 0 Å². The molecule has 1 heterocycles. The fourth-order valence-corrected chi connectivity index (χ4v) is 1.88. The molecule has 0 saturated heterocycles. The van der Waals surface area contributed by atoms with Gasteiger partial charge in [-0.25, -0.2) is 0 Å². The standard InChI is InChI=1S/C14H16N4O2/c15-6-7-18-9-13(16-17-18)14(19)10-2-1-3-12(8-10)20-11-4-5-11/h1-3,8-9,11H,4-7,15H2. The van der Waals surface area contributed by atoms with Gasteiger partial charge in [0.25, 0.3) is 0 Å². The second-order valence-electron chi connectivity index (χ2n) is 4.83. The minimum Gasteiger partial charge on any atom is -0.490 e. The van der Waals surface area contributed by atoms with E-state index in [1.165, 1.54) is 0 Å². The molecule has 6 heteroatoms. The molecule has 1 aliphatic rings. The van der Waals surface area contributed by atoms with Gasteiger partial charge in [-0.15, -0.1) is 5.10 Å². The zero-order chi connectivity index (χ0) is 13.9. The smallest absolute Gasteiger partial charge is 0.215 e. The quantitative estimate of drug-likeness (QED) is 0.793. The van der Waals surface area contributed by atoms with Crippen molar-refractivity contribution in [2.24, 2.45) is 5.73 Å². The average Bonchev–Trinajstić information content (AvgIpc) is 3.15. The molecular weight excluding hydrogens is 256 g/mol. The first-order chi connectivity index (χ1) is 9.76. The first kappa shape index (κ1) is 12.8. The Bertz CT molecular complexity index is 619. The fourth-order valence-electron chi connectivity index (χ4n) is 1.88. The zero-order valence-corrected chi connectivity index (χ0v) is 11.0. The van der Waals surface area contributed by atoms with Crippen LogP contribution in [0.5, 0.6) is 5.75 Å². The summed E-state index contributed by atoms with van der Waals surface area (Å²) in [6.45, 7) is 1.01. The summed E-state index contributed by atoms with van der Waals surface area (Å²) in [7, 11) is 0. The van der Waals surface area contributed by atoms with Crippen LogP contribution < -0.4 is 10.5 Å². The number of rotatable bonds is 6.